The summed E-state index contributed by atoms with van der Waals surface area (Å²) in [5, 5.41) is 6.24. The van der Waals surface area contributed by atoms with E-state index in [1.165, 1.54) is 0 Å². The van der Waals surface area contributed by atoms with Gasteiger partial charge in [0.2, 0.25) is 5.96 Å². The van der Waals surface area contributed by atoms with Crippen molar-refractivity contribution >= 4 is 46.4 Å². The number of benzene rings is 1. The van der Waals surface area contributed by atoms with Crippen LogP contribution in [-0.4, -0.2) is 29.1 Å². The number of anilines is 1. The van der Waals surface area contributed by atoms with Crippen molar-refractivity contribution in [3.05, 3.63) is 57.3 Å². The molecule has 0 bridgehead atoms. The third-order valence-corrected chi connectivity index (χ3v) is 3.98. The smallest absolute Gasteiger partial charge is 0.223 e. The molecule has 3 rings (SSSR count). The fourth-order valence-corrected chi connectivity index (χ4v) is 2.74. The molecular weight excluding hydrogens is 359 g/mol. The highest BCUT2D eigenvalue weighted by Gasteiger charge is 2.20. The zero-order valence-electron chi connectivity index (χ0n) is 12.0. The molecule has 0 unspecified atom stereocenters. The van der Waals surface area contributed by atoms with Gasteiger partial charge in [0.1, 0.15) is 11.8 Å². The van der Waals surface area contributed by atoms with E-state index in [-0.39, 0.29) is 6.61 Å². The number of nitrogens with one attached hydrogen (secondary N) is 1. The third-order valence-electron chi connectivity index (χ3n) is 3.14. The highest BCUT2D eigenvalue weighted by atomic mass is 35.5. The number of aromatic nitrogens is 1. The van der Waals surface area contributed by atoms with Crippen molar-refractivity contribution in [3.63, 3.8) is 0 Å². The molecule has 2 heterocycles. The standard InChI is InChI=1S/C15H13Cl3N4O/c16-11-4-2-5-12(17)14(11)21-15-19-7-8-22(15)23-9-10-3-1-6-13(18)20-10/h1-6H,7-9H2,(H,19,21). The van der Waals surface area contributed by atoms with Crippen molar-refractivity contribution in [2.75, 3.05) is 18.4 Å². The van der Waals surface area contributed by atoms with Crippen molar-refractivity contribution in [2.24, 2.45) is 4.99 Å². The average Bonchev–Trinajstić information content (AvgIpc) is 2.96. The van der Waals surface area contributed by atoms with E-state index in [2.05, 4.69) is 15.3 Å². The maximum Gasteiger partial charge on any atom is 0.223 e. The minimum atomic E-state index is 0.289. The Morgan fingerprint density at radius 2 is 1.83 bits per heavy atom. The predicted molar refractivity (Wildman–Crippen MR) is 93.1 cm³/mol. The van der Waals surface area contributed by atoms with Crippen LogP contribution in [0.5, 0.6) is 0 Å². The van der Waals surface area contributed by atoms with Crippen molar-refractivity contribution < 1.29 is 4.84 Å². The number of pyridine rings is 1. The van der Waals surface area contributed by atoms with E-state index < -0.39 is 0 Å². The lowest BCUT2D eigenvalue weighted by molar-refractivity contribution is -0.104. The van der Waals surface area contributed by atoms with E-state index in [0.29, 0.717) is 39.9 Å². The summed E-state index contributed by atoms with van der Waals surface area (Å²) in [6.45, 7) is 1.54. The molecule has 0 fully saturated rings. The largest absolute Gasteiger partial charge is 0.322 e. The summed E-state index contributed by atoms with van der Waals surface area (Å²) >= 11 is 18.2. The van der Waals surface area contributed by atoms with Gasteiger partial charge in [-0.05, 0) is 24.3 Å². The summed E-state index contributed by atoms with van der Waals surface area (Å²) in [6.07, 6.45) is 0. The molecule has 5 nitrogen and oxygen atoms in total. The first-order valence-corrected chi connectivity index (χ1v) is 8.04. The zero-order chi connectivity index (χ0) is 16.2. The van der Waals surface area contributed by atoms with Gasteiger partial charge in [0.25, 0.3) is 0 Å². The molecule has 1 aromatic heterocycles. The number of rotatable bonds is 4. The van der Waals surface area contributed by atoms with E-state index in [9.17, 15) is 0 Å². The Kier molecular flexibility index (Phi) is 5.23. The molecule has 2 aromatic rings. The summed E-state index contributed by atoms with van der Waals surface area (Å²) in [6, 6.07) is 10.7. The first kappa shape index (κ1) is 16.3. The quantitative estimate of drug-likeness (QED) is 0.816. The van der Waals surface area contributed by atoms with Crippen LogP contribution in [0.2, 0.25) is 15.2 Å². The van der Waals surface area contributed by atoms with Gasteiger partial charge in [0.05, 0.1) is 34.5 Å². The topological polar surface area (TPSA) is 49.8 Å². The molecule has 1 aliphatic heterocycles. The molecule has 0 spiro atoms. The van der Waals surface area contributed by atoms with Gasteiger partial charge >= 0.3 is 0 Å². The van der Waals surface area contributed by atoms with Crippen LogP contribution in [0.1, 0.15) is 5.69 Å². The lowest BCUT2D eigenvalue weighted by atomic mass is 10.3. The lowest BCUT2D eigenvalue weighted by Gasteiger charge is -2.21. The van der Waals surface area contributed by atoms with Crippen LogP contribution in [0.25, 0.3) is 0 Å². The minimum Gasteiger partial charge on any atom is -0.322 e. The second-order valence-corrected chi connectivity index (χ2v) is 5.96. The first-order valence-electron chi connectivity index (χ1n) is 6.91. The fraction of sp³-hybridized carbons (Fsp3) is 0.200. The predicted octanol–water partition coefficient (Wildman–Crippen LogP) is 4.26. The van der Waals surface area contributed by atoms with Crippen molar-refractivity contribution in [1.29, 1.82) is 0 Å². The Morgan fingerprint density at radius 1 is 1.09 bits per heavy atom. The van der Waals surface area contributed by atoms with Crippen LogP contribution in [-0.2, 0) is 11.4 Å². The molecule has 0 radical (unpaired) electrons. The summed E-state index contributed by atoms with van der Waals surface area (Å²) < 4.78 is 0. The fourth-order valence-electron chi connectivity index (χ4n) is 2.06. The average molecular weight is 372 g/mol. The first-order chi connectivity index (χ1) is 11.1. The van der Waals surface area contributed by atoms with Gasteiger partial charge in [-0.3, -0.25) is 4.84 Å². The molecule has 1 N–H and O–H groups in total. The van der Waals surface area contributed by atoms with Crippen molar-refractivity contribution in [1.82, 2.24) is 10.0 Å². The van der Waals surface area contributed by atoms with Crippen LogP contribution in [0.15, 0.2) is 41.4 Å². The van der Waals surface area contributed by atoms with Crippen LogP contribution in [0.4, 0.5) is 5.69 Å². The van der Waals surface area contributed by atoms with Gasteiger partial charge in [0.15, 0.2) is 0 Å². The van der Waals surface area contributed by atoms with Crippen LogP contribution in [0, 0.1) is 0 Å². The monoisotopic (exact) mass is 370 g/mol. The van der Waals surface area contributed by atoms with Gasteiger partial charge in [-0.2, -0.15) is 0 Å². The molecule has 8 heteroatoms. The maximum absolute atomic E-state index is 6.16. The number of hydroxylamine groups is 2. The summed E-state index contributed by atoms with van der Waals surface area (Å²) in [7, 11) is 0. The summed E-state index contributed by atoms with van der Waals surface area (Å²) in [4.78, 5) is 14.3. The van der Waals surface area contributed by atoms with E-state index in [1.54, 1.807) is 29.3 Å². The summed E-state index contributed by atoms with van der Waals surface area (Å²) in [5.41, 5.74) is 1.34. The second kappa shape index (κ2) is 7.36. The number of hydrogen-bond acceptors (Lipinski definition) is 5. The number of aliphatic imine (C=N–C) groups is 1. The van der Waals surface area contributed by atoms with Crippen LogP contribution in [0.3, 0.4) is 0 Å². The van der Waals surface area contributed by atoms with Gasteiger partial charge in [-0.1, -0.05) is 46.9 Å². The Labute approximate surface area is 148 Å². The Bertz CT molecular complexity index is 718. The molecule has 0 atom stereocenters. The van der Waals surface area contributed by atoms with Gasteiger partial charge in [0, 0.05) is 0 Å². The molecule has 0 saturated carbocycles. The molecule has 0 saturated heterocycles. The van der Waals surface area contributed by atoms with Crippen LogP contribution < -0.4 is 5.32 Å². The highest BCUT2D eigenvalue weighted by molar-refractivity contribution is 6.39. The molecule has 0 aliphatic carbocycles. The van der Waals surface area contributed by atoms with Crippen LogP contribution >= 0.6 is 34.8 Å². The van der Waals surface area contributed by atoms with E-state index in [1.807, 2.05) is 12.1 Å². The number of guanidine groups is 1. The number of nitrogens with zero attached hydrogens (tertiary/aromatic N) is 3. The van der Waals surface area contributed by atoms with Gasteiger partial charge < -0.3 is 5.32 Å². The maximum atomic E-state index is 6.16. The third kappa shape index (κ3) is 4.06. The normalized spacial score (nSPS) is 14.0. The number of para-hydroxylation sites is 1. The highest BCUT2D eigenvalue weighted by Crippen LogP contribution is 2.30. The SMILES string of the molecule is Clc1cccc(CON2CCN=C2Nc2c(Cl)cccc2Cl)n1. The second-order valence-electron chi connectivity index (χ2n) is 4.75. The van der Waals surface area contributed by atoms with Crippen molar-refractivity contribution in [2.45, 2.75) is 6.61 Å². The zero-order valence-corrected chi connectivity index (χ0v) is 14.2. The molecule has 23 heavy (non-hydrogen) atoms. The van der Waals surface area contributed by atoms with E-state index >= 15 is 0 Å². The number of halogens is 3. The molecule has 0 amide bonds. The molecule has 1 aromatic carbocycles. The van der Waals surface area contributed by atoms with E-state index in [0.717, 1.165) is 5.69 Å². The summed E-state index contributed by atoms with van der Waals surface area (Å²) in [5.74, 6) is 0.557. The molecule has 120 valence electrons. The molecular formula is C15H13Cl3N4O. The van der Waals surface area contributed by atoms with Crippen molar-refractivity contribution in [3.8, 4) is 0 Å². The Morgan fingerprint density at radius 3 is 2.57 bits per heavy atom. The number of hydrogen-bond donors (Lipinski definition) is 1. The Balaban J connectivity index is 1.66. The minimum absolute atomic E-state index is 0.289. The lowest BCUT2D eigenvalue weighted by Crippen LogP contribution is -2.33. The van der Waals surface area contributed by atoms with Gasteiger partial charge in [-0.25, -0.2) is 15.0 Å². The Hall–Kier alpha value is -1.53. The van der Waals surface area contributed by atoms with Gasteiger partial charge in [-0.15, -0.1) is 0 Å². The molecule has 1 aliphatic rings. The van der Waals surface area contributed by atoms with E-state index in [4.69, 9.17) is 39.6 Å².